The Kier molecular flexibility index (Phi) is 8.27. The van der Waals surface area contributed by atoms with Crippen LogP contribution in [0.1, 0.15) is 28.7 Å². The Hall–Kier alpha value is -2.11. The van der Waals surface area contributed by atoms with Crippen molar-refractivity contribution in [3.8, 4) is 11.1 Å². The molecule has 0 aromatic heterocycles. The zero-order chi connectivity index (χ0) is 20.7. The lowest BCUT2D eigenvalue weighted by Gasteiger charge is -2.13. The zero-order valence-corrected chi connectivity index (χ0v) is 17.6. The summed E-state index contributed by atoms with van der Waals surface area (Å²) in [5.74, 6) is 0.578. The molecule has 0 aliphatic carbocycles. The number of hydrogen-bond donors (Lipinski definition) is 1. The monoisotopic (exact) mass is 402 g/mol. The van der Waals surface area contributed by atoms with Gasteiger partial charge in [0, 0.05) is 11.5 Å². The highest BCUT2D eigenvalue weighted by molar-refractivity contribution is 7.99. The molecule has 3 nitrogen and oxygen atoms in total. The van der Waals surface area contributed by atoms with Gasteiger partial charge in [-0.25, -0.2) is 4.39 Å². The summed E-state index contributed by atoms with van der Waals surface area (Å²) in [7, 11) is 1.31. The maximum absolute atomic E-state index is 13.7. The van der Waals surface area contributed by atoms with Gasteiger partial charge in [-0.05, 0) is 60.7 Å². The lowest BCUT2D eigenvalue weighted by atomic mass is 9.92. The third kappa shape index (κ3) is 6.21. The minimum Gasteiger partial charge on any atom is -0.469 e. The topological polar surface area (TPSA) is 46.5 Å². The van der Waals surface area contributed by atoms with Gasteiger partial charge in [0.25, 0.3) is 0 Å². The van der Waals surface area contributed by atoms with E-state index in [2.05, 4.69) is 36.8 Å². The van der Waals surface area contributed by atoms with E-state index in [1.54, 1.807) is 18.7 Å². The summed E-state index contributed by atoms with van der Waals surface area (Å²) in [6.45, 7) is 5.89. The Labute approximate surface area is 170 Å². The second kappa shape index (κ2) is 10.4. The fraction of sp³-hybridized carbons (Fsp3) is 0.348. The molecule has 0 aliphatic rings. The first-order valence-electron chi connectivity index (χ1n) is 9.18. The van der Waals surface area contributed by atoms with Crippen molar-refractivity contribution in [2.24, 2.45) is 0 Å². The molecule has 1 unspecified atom stereocenters. The number of carbonyl (C=O) groups excluding carboxylic acids is 1. The summed E-state index contributed by atoms with van der Waals surface area (Å²) < 4.78 is 18.2. The van der Waals surface area contributed by atoms with Crippen LogP contribution in [0.15, 0.2) is 36.4 Å². The van der Waals surface area contributed by atoms with Crippen molar-refractivity contribution in [3.63, 3.8) is 0 Å². The summed E-state index contributed by atoms with van der Waals surface area (Å²) in [4.78, 5) is 11.1. The Balaban J connectivity index is 2.11. The highest BCUT2D eigenvalue weighted by atomic mass is 32.2. The van der Waals surface area contributed by atoms with Gasteiger partial charge >= 0.3 is 5.97 Å². The standard InChI is InChI=1S/C23H27FO3S/c1-15-10-16(2)20(6-5-9-28-14-19(25)13-23(26)27-4)21(11-15)18-7-8-22(24)17(3)12-18/h5-8,10-12,19,25H,9,13-14H2,1-4H3. The van der Waals surface area contributed by atoms with E-state index in [1.807, 2.05) is 18.2 Å². The molecule has 2 aromatic carbocycles. The van der Waals surface area contributed by atoms with Gasteiger partial charge in [0.15, 0.2) is 0 Å². The predicted octanol–water partition coefficient (Wildman–Crippen LogP) is 5.09. The van der Waals surface area contributed by atoms with Crippen LogP contribution >= 0.6 is 11.8 Å². The number of methoxy groups -OCH3 is 1. The first-order valence-corrected chi connectivity index (χ1v) is 10.3. The van der Waals surface area contributed by atoms with Crippen molar-refractivity contribution in [2.45, 2.75) is 33.3 Å². The number of halogens is 1. The van der Waals surface area contributed by atoms with Crippen molar-refractivity contribution in [1.29, 1.82) is 0 Å². The van der Waals surface area contributed by atoms with Gasteiger partial charge in [-0.1, -0.05) is 35.9 Å². The molecule has 1 N–H and O–H groups in total. The lowest BCUT2D eigenvalue weighted by Crippen LogP contribution is -2.16. The van der Waals surface area contributed by atoms with Crippen molar-refractivity contribution in [1.82, 2.24) is 0 Å². The number of benzene rings is 2. The van der Waals surface area contributed by atoms with E-state index < -0.39 is 12.1 Å². The summed E-state index contributed by atoms with van der Waals surface area (Å²) in [5.41, 5.74) is 6.11. The first kappa shape index (κ1) is 22.2. The van der Waals surface area contributed by atoms with Crippen molar-refractivity contribution < 1.29 is 19.0 Å². The maximum Gasteiger partial charge on any atom is 0.308 e. The van der Waals surface area contributed by atoms with Gasteiger partial charge in [0.1, 0.15) is 5.82 Å². The molecule has 0 bridgehead atoms. The van der Waals surface area contributed by atoms with Crippen LogP contribution < -0.4 is 0 Å². The van der Waals surface area contributed by atoms with Gasteiger partial charge < -0.3 is 9.84 Å². The lowest BCUT2D eigenvalue weighted by molar-refractivity contribution is -0.142. The molecule has 0 fully saturated rings. The molecule has 150 valence electrons. The maximum atomic E-state index is 13.7. The SMILES string of the molecule is COC(=O)CC(O)CSCC=Cc1c(C)cc(C)cc1-c1ccc(F)c(C)c1. The van der Waals surface area contributed by atoms with Crippen molar-refractivity contribution in [2.75, 3.05) is 18.6 Å². The van der Waals surface area contributed by atoms with E-state index in [9.17, 15) is 14.3 Å². The number of rotatable bonds is 8. The summed E-state index contributed by atoms with van der Waals surface area (Å²) in [5, 5.41) is 9.81. The third-order valence-electron chi connectivity index (χ3n) is 4.44. The molecule has 0 saturated carbocycles. The second-order valence-electron chi connectivity index (χ2n) is 6.88. The Morgan fingerprint density at radius 1 is 1.21 bits per heavy atom. The zero-order valence-electron chi connectivity index (χ0n) is 16.8. The van der Waals surface area contributed by atoms with Crippen LogP contribution in [-0.2, 0) is 9.53 Å². The number of thioether (sulfide) groups is 1. The predicted molar refractivity (Wildman–Crippen MR) is 115 cm³/mol. The average Bonchev–Trinajstić information content (AvgIpc) is 2.64. The van der Waals surface area contributed by atoms with Crippen LogP contribution in [0.5, 0.6) is 0 Å². The second-order valence-corrected chi connectivity index (χ2v) is 7.96. The summed E-state index contributed by atoms with van der Waals surface area (Å²) in [6.07, 6.45) is 3.43. The third-order valence-corrected chi connectivity index (χ3v) is 5.49. The molecular weight excluding hydrogens is 375 g/mol. The average molecular weight is 403 g/mol. The number of aliphatic hydroxyl groups excluding tert-OH is 1. The summed E-state index contributed by atoms with van der Waals surface area (Å²) in [6, 6.07) is 9.44. The largest absolute Gasteiger partial charge is 0.469 e. The quantitative estimate of drug-likeness (QED) is 0.494. The van der Waals surface area contributed by atoms with Crippen LogP contribution in [0.2, 0.25) is 0 Å². The van der Waals surface area contributed by atoms with E-state index in [0.29, 0.717) is 17.1 Å². The van der Waals surface area contributed by atoms with Gasteiger partial charge in [-0.3, -0.25) is 4.79 Å². The molecule has 0 radical (unpaired) electrons. The Morgan fingerprint density at radius 3 is 2.64 bits per heavy atom. The fourth-order valence-corrected chi connectivity index (χ4v) is 3.78. The van der Waals surface area contributed by atoms with E-state index in [1.165, 1.54) is 13.2 Å². The Bertz CT molecular complexity index is 861. The number of aryl methyl sites for hydroxylation is 3. The molecule has 2 aromatic rings. The minimum atomic E-state index is -0.704. The van der Waals surface area contributed by atoms with Crippen LogP contribution in [0.4, 0.5) is 4.39 Å². The van der Waals surface area contributed by atoms with Crippen LogP contribution in [0.3, 0.4) is 0 Å². The van der Waals surface area contributed by atoms with E-state index >= 15 is 0 Å². The van der Waals surface area contributed by atoms with Gasteiger partial charge in [-0.15, -0.1) is 0 Å². The van der Waals surface area contributed by atoms with Gasteiger partial charge in [0.2, 0.25) is 0 Å². The molecule has 0 spiro atoms. The number of hydrogen-bond acceptors (Lipinski definition) is 4. The minimum absolute atomic E-state index is 0.0123. The molecule has 1 atom stereocenters. The first-order chi connectivity index (χ1) is 13.3. The van der Waals surface area contributed by atoms with E-state index in [4.69, 9.17) is 0 Å². The molecule has 0 aliphatic heterocycles. The number of esters is 1. The van der Waals surface area contributed by atoms with Gasteiger partial charge in [-0.2, -0.15) is 11.8 Å². The van der Waals surface area contributed by atoms with Crippen LogP contribution in [0, 0.1) is 26.6 Å². The van der Waals surface area contributed by atoms with Crippen LogP contribution in [0.25, 0.3) is 17.2 Å². The highest BCUT2D eigenvalue weighted by Crippen LogP contribution is 2.30. The number of ether oxygens (including phenoxy) is 1. The fourth-order valence-electron chi connectivity index (χ4n) is 3.02. The van der Waals surface area contributed by atoms with E-state index in [-0.39, 0.29) is 12.2 Å². The summed E-state index contributed by atoms with van der Waals surface area (Å²) >= 11 is 1.55. The molecular formula is C23H27FO3S. The molecule has 28 heavy (non-hydrogen) atoms. The number of carbonyl (C=O) groups is 1. The highest BCUT2D eigenvalue weighted by Gasteiger charge is 2.11. The number of aliphatic hydroxyl groups is 1. The Morgan fingerprint density at radius 2 is 1.96 bits per heavy atom. The smallest absolute Gasteiger partial charge is 0.308 e. The van der Waals surface area contributed by atoms with Gasteiger partial charge in [0.05, 0.1) is 19.6 Å². The molecule has 5 heteroatoms. The van der Waals surface area contributed by atoms with Crippen molar-refractivity contribution >= 4 is 23.8 Å². The van der Waals surface area contributed by atoms with Crippen LogP contribution in [-0.4, -0.2) is 35.8 Å². The van der Waals surface area contributed by atoms with E-state index in [0.717, 1.165) is 27.8 Å². The molecule has 0 saturated heterocycles. The normalized spacial score (nSPS) is 12.4. The molecule has 2 rings (SSSR count). The van der Waals surface area contributed by atoms with Crippen molar-refractivity contribution in [3.05, 3.63) is 64.5 Å². The molecule has 0 amide bonds. The molecule has 0 heterocycles.